The van der Waals surface area contributed by atoms with Crippen LogP contribution in [0.4, 0.5) is 0 Å². The smallest absolute Gasteiger partial charge is 0.0909 e. The highest BCUT2D eigenvalue weighted by atomic mass is 16.5. The van der Waals surface area contributed by atoms with E-state index in [-0.39, 0.29) is 0 Å². The molecule has 2 aliphatic rings. The van der Waals surface area contributed by atoms with Crippen molar-refractivity contribution in [2.75, 3.05) is 13.2 Å². The fourth-order valence-corrected chi connectivity index (χ4v) is 3.51. The quantitative estimate of drug-likeness (QED) is 0.724. The van der Waals surface area contributed by atoms with Crippen molar-refractivity contribution in [3.05, 3.63) is 0 Å². The summed E-state index contributed by atoms with van der Waals surface area (Å²) in [6.45, 7) is 6.03. The monoisotopic (exact) mass is 212 g/mol. The first-order valence-electron chi connectivity index (χ1n) is 6.40. The van der Waals surface area contributed by atoms with Crippen LogP contribution in [-0.4, -0.2) is 23.9 Å². The van der Waals surface area contributed by atoms with E-state index in [9.17, 15) is 5.11 Å². The Bertz CT molecular complexity index is 199. The normalized spacial score (nSPS) is 47.8. The molecule has 1 N–H and O–H groups in total. The van der Waals surface area contributed by atoms with Crippen LogP contribution in [0.25, 0.3) is 0 Å². The number of hydrogen-bond donors (Lipinski definition) is 1. The second-order valence-corrected chi connectivity index (χ2v) is 5.87. The van der Waals surface area contributed by atoms with E-state index < -0.39 is 5.60 Å². The van der Waals surface area contributed by atoms with Gasteiger partial charge in [0, 0.05) is 6.61 Å². The fourth-order valence-electron chi connectivity index (χ4n) is 3.51. The standard InChI is InChI=1S/C13H24O2/c1-10-6-11(2)8-12(7-10)13(14)4-3-5-15-9-13/h10-12,14H,3-9H2,1-2H3. The molecule has 3 atom stereocenters. The molecule has 1 saturated heterocycles. The molecule has 2 heteroatoms. The third-order valence-electron chi connectivity index (χ3n) is 4.19. The van der Waals surface area contributed by atoms with Crippen LogP contribution < -0.4 is 0 Å². The molecule has 1 aliphatic heterocycles. The summed E-state index contributed by atoms with van der Waals surface area (Å²) in [4.78, 5) is 0. The molecule has 15 heavy (non-hydrogen) atoms. The van der Waals surface area contributed by atoms with Gasteiger partial charge in [-0.3, -0.25) is 0 Å². The Morgan fingerprint density at radius 1 is 1.13 bits per heavy atom. The van der Waals surface area contributed by atoms with Crippen molar-refractivity contribution in [1.29, 1.82) is 0 Å². The number of ether oxygens (including phenoxy) is 1. The van der Waals surface area contributed by atoms with Crippen molar-refractivity contribution in [2.45, 2.75) is 51.6 Å². The highest BCUT2D eigenvalue weighted by Gasteiger charge is 2.41. The zero-order chi connectivity index (χ0) is 10.9. The first kappa shape index (κ1) is 11.4. The van der Waals surface area contributed by atoms with Crippen molar-refractivity contribution >= 4 is 0 Å². The molecule has 1 aliphatic carbocycles. The van der Waals surface area contributed by atoms with E-state index in [0.29, 0.717) is 12.5 Å². The Labute approximate surface area is 93.0 Å². The van der Waals surface area contributed by atoms with Gasteiger partial charge in [0.1, 0.15) is 0 Å². The Kier molecular flexibility index (Phi) is 3.36. The molecule has 88 valence electrons. The molecule has 2 fully saturated rings. The van der Waals surface area contributed by atoms with Gasteiger partial charge in [-0.2, -0.15) is 0 Å². The van der Waals surface area contributed by atoms with Gasteiger partial charge in [-0.05, 0) is 49.9 Å². The summed E-state index contributed by atoms with van der Waals surface area (Å²) in [6, 6.07) is 0. The number of hydrogen-bond acceptors (Lipinski definition) is 2. The topological polar surface area (TPSA) is 29.5 Å². The van der Waals surface area contributed by atoms with Crippen molar-refractivity contribution < 1.29 is 9.84 Å². The lowest BCUT2D eigenvalue weighted by atomic mass is 9.68. The third kappa shape index (κ3) is 2.54. The lowest BCUT2D eigenvalue weighted by molar-refractivity contribution is -0.134. The maximum Gasteiger partial charge on any atom is 0.0909 e. The second kappa shape index (κ2) is 4.42. The molecule has 1 heterocycles. The van der Waals surface area contributed by atoms with Crippen LogP contribution in [0.3, 0.4) is 0 Å². The van der Waals surface area contributed by atoms with Crippen molar-refractivity contribution in [1.82, 2.24) is 0 Å². The molecular weight excluding hydrogens is 188 g/mol. The van der Waals surface area contributed by atoms with Crippen LogP contribution >= 0.6 is 0 Å². The van der Waals surface area contributed by atoms with Crippen molar-refractivity contribution in [3.63, 3.8) is 0 Å². The van der Waals surface area contributed by atoms with Crippen LogP contribution in [-0.2, 0) is 4.74 Å². The van der Waals surface area contributed by atoms with Gasteiger partial charge in [-0.15, -0.1) is 0 Å². The molecule has 1 saturated carbocycles. The maximum absolute atomic E-state index is 10.6. The summed E-state index contributed by atoms with van der Waals surface area (Å²) in [5.74, 6) is 2.01. The van der Waals surface area contributed by atoms with Gasteiger partial charge in [-0.25, -0.2) is 0 Å². The molecule has 0 aromatic heterocycles. The molecule has 0 aromatic rings. The summed E-state index contributed by atoms with van der Waals surface area (Å²) in [5, 5.41) is 10.6. The van der Waals surface area contributed by atoms with E-state index in [1.54, 1.807) is 0 Å². The SMILES string of the molecule is CC1CC(C)CC(C2(O)CCCOC2)C1. The van der Waals surface area contributed by atoms with Gasteiger partial charge in [0.25, 0.3) is 0 Å². The minimum atomic E-state index is -0.513. The molecule has 0 radical (unpaired) electrons. The van der Waals surface area contributed by atoms with Gasteiger partial charge in [-0.1, -0.05) is 13.8 Å². The average Bonchev–Trinajstić information content (AvgIpc) is 2.17. The molecule has 2 nitrogen and oxygen atoms in total. The zero-order valence-corrected chi connectivity index (χ0v) is 10.0. The van der Waals surface area contributed by atoms with E-state index in [4.69, 9.17) is 4.74 Å². The Balaban J connectivity index is 2.01. The number of rotatable bonds is 1. The fraction of sp³-hybridized carbons (Fsp3) is 1.00. The summed E-state index contributed by atoms with van der Waals surface area (Å²) >= 11 is 0. The largest absolute Gasteiger partial charge is 0.387 e. The molecule has 0 spiro atoms. The minimum Gasteiger partial charge on any atom is -0.387 e. The van der Waals surface area contributed by atoms with Gasteiger partial charge in [0.2, 0.25) is 0 Å². The van der Waals surface area contributed by atoms with Gasteiger partial charge in [0.15, 0.2) is 0 Å². The summed E-state index contributed by atoms with van der Waals surface area (Å²) in [6.07, 6.45) is 5.66. The Hall–Kier alpha value is -0.0800. The Morgan fingerprint density at radius 2 is 1.80 bits per heavy atom. The second-order valence-electron chi connectivity index (χ2n) is 5.87. The van der Waals surface area contributed by atoms with Crippen LogP contribution in [0.2, 0.25) is 0 Å². The van der Waals surface area contributed by atoms with Crippen molar-refractivity contribution in [2.24, 2.45) is 17.8 Å². The van der Waals surface area contributed by atoms with Crippen LogP contribution in [0.15, 0.2) is 0 Å². The third-order valence-corrected chi connectivity index (χ3v) is 4.19. The van der Waals surface area contributed by atoms with Crippen LogP contribution in [0.5, 0.6) is 0 Å². The molecule has 0 amide bonds. The highest BCUT2D eigenvalue weighted by molar-refractivity contribution is 4.92. The number of aliphatic hydroxyl groups is 1. The average molecular weight is 212 g/mol. The lowest BCUT2D eigenvalue weighted by Gasteiger charge is -2.44. The predicted molar refractivity (Wildman–Crippen MR) is 60.7 cm³/mol. The van der Waals surface area contributed by atoms with E-state index >= 15 is 0 Å². The predicted octanol–water partition coefficient (Wildman–Crippen LogP) is 2.60. The van der Waals surface area contributed by atoms with Gasteiger partial charge >= 0.3 is 0 Å². The van der Waals surface area contributed by atoms with Crippen LogP contribution in [0.1, 0.15) is 46.0 Å². The summed E-state index contributed by atoms with van der Waals surface area (Å²) in [7, 11) is 0. The van der Waals surface area contributed by atoms with Crippen LogP contribution in [0, 0.1) is 17.8 Å². The molecular formula is C13H24O2. The Morgan fingerprint density at radius 3 is 2.33 bits per heavy atom. The molecule has 2 rings (SSSR count). The first-order valence-corrected chi connectivity index (χ1v) is 6.40. The maximum atomic E-state index is 10.6. The molecule has 0 aromatic carbocycles. The lowest BCUT2D eigenvalue weighted by Crippen LogP contribution is -2.47. The van der Waals surface area contributed by atoms with E-state index in [1.807, 2.05) is 0 Å². The molecule has 0 bridgehead atoms. The first-order chi connectivity index (χ1) is 7.10. The van der Waals surface area contributed by atoms with Gasteiger partial charge < -0.3 is 9.84 Å². The van der Waals surface area contributed by atoms with Gasteiger partial charge in [0.05, 0.1) is 12.2 Å². The van der Waals surface area contributed by atoms with E-state index in [1.165, 1.54) is 19.3 Å². The summed E-state index contributed by atoms with van der Waals surface area (Å²) < 4.78 is 5.46. The van der Waals surface area contributed by atoms with Crippen molar-refractivity contribution in [3.8, 4) is 0 Å². The van der Waals surface area contributed by atoms with E-state index in [0.717, 1.165) is 31.3 Å². The van der Waals surface area contributed by atoms with E-state index in [2.05, 4.69) is 13.8 Å². The highest BCUT2D eigenvalue weighted by Crippen LogP contribution is 2.41. The minimum absolute atomic E-state index is 0.469. The molecule has 3 unspecified atom stereocenters. The summed E-state index contributed by atoms with van der Waals surface area (Å²) in [5.41, 5.74) is -0.513. The zero-order valence-electron chi connectivity index (χ0n) is 10.0.